The van der Waals surface area contributed by atoms with E-state index < -0.39 is 5.97 Å². The van der Waals surface area contributed by atoms with Crippen LogP contribution in [0.4, 0.5) is 0 Å². The molecule has 0 aliphatic heterocycles. The molecule has 0 bridgehead atoms. The zero-order chi connectivity index (χ0) is 13.7. The number of para-hydroxylation sites is 1. The molecule has 0 atom stereocenters. The maximum Gasteiger partial charge on any atom is 0.358 e. The van der Waals surface area contributed by atoms with Gasteiger partial charge in [-0.2, -0.15) is 5.26 Å². The van der Waals surface area contributed by atoms with E-state index in [0.717, 1.165) is 0 Å². The van der Waals surface area contributed by atoms with Crippen LogP contribution in [0, 0.1) is 11.3 Å². The molecule has 1 aromatic carbocycles. The molecule has 19 heavy (non-hydrogen) atoms. The van der Waals surface area contributed by atoms with Crippen LogP contribution in [0.3, 0.4) is 0 Å². The van der Waals surface area contributed by atoms with Gasteiger partial charge in [0.05, 0.1) is 6.07 Å². The summed E-state index contributed by atoms with van der Waals surface area (Å²) in [6.07, 6.45) is 0. The molecule has 0 radical (unpaired) electrons. The van der Waals surface area contributed by atoms with Crippen LogP contribution in [0.5, 0.6) is 5.75 Å². The van der Waals surface area contributed by atoms with Crippen LogP contribution in [0.2, 0.25) is 0 Å². The number of hydrogen-bond donors (Lipinski definition) is 1. The van der Waals surface area contributed by atoms with Gasteiger partial charge in [0.15, 0.2) is 5.69 Å². The first kappa shape index (κ1) is 12.6. The van der Waals surface area contributed by atoms with Gasteiger partial charge in [-0.05, 0) is 12.1 Å². The first-order valence-corrected chi connectivity index (χ1v) is 5.43. The van der Waals surface area contributed by atoms with E-state index in [1.54, 1.807) is 24.3 Å². The van der Waals surface area contributed by atoms with Crippen LogP contribution >= 0.6 is 0 Å². The molecule has 0 saturated carbocycles. The van der Waals surface area contributed by atoms with Gasteiger partial charge >= 0.3 is 5.97 Å². The number of aromatic nitrogens is 3. The Labute approximate surface area is 108 Å². The standard InChI is InChI=1S/C12H10N4O3/c13-6-7-16-10(11(12(17)18)14-15-16)8-19-9-4-2-1-3-5-9/h1-5H,7-8H2,(H,17,18). The minimum absolute atomic E-state index is 0.0136. The van der Waals surface area contributed by atoms with E-state index in [4.69, 9.17) is 15.1 Å². The third kappa shape index (κ3) is 2.87. The lowest BCUT2D eigenvalue weighted by Gasteiger charge is -2.06. The zero-order valence-corrected chi connectivity index (χ0v) is 9.85. The molecule has 0 aliphatic rings. The summed E-state index contributed by atoms with van der Waals surface area (Å²) < 4.78 is 6.67. The SMILES string of the molecule is N#CCn1nnc(C(=O)O)c1COc1ccccc1. The van der Waals surface area contributed by atoms with Crippen molar-refractivity contribution in [3.8, 4) is 11.8 Å². The predicted molar refractivity (Wildman–Crippen MR) is 63.4 cm³/mol. The number of carboxylic acid groups (broad SMARTS) is 1. The maximum absolute atomic E-state index is 11.0. The van der Waals surface area contributed by atoms with Crippen molar-refractivity contribution in [3.63, 3.8) is 0 Å². The Hall–Kier alpha value is -2.88. The van der Waals surface area contributed by atoms with Crippen molar-refractivity contribution in [1.82, 2.24) is 15.0 Å². The molecule has 0 aliphatic carbocycles. The van der Waals surface area contributed by atoms with Gasteiger partial charge in [-0.1, -0.05) is 23.4 Å². The second-order valence-electron chi connectivity index (χ2n) is 3.61. The van der Waals surface area contributed by atoms with E-state index in [0.29, 0.717) is 5.75 Å². The third-order valence-corrected chi connectivity index (χ3v) is 2.38. The number of carboxylic acids is 1. The van der Waals surface area contributed by atoms with Crippen LogP contribution < -0.4 is 4.74 Å². The predicted octanol–water partition coefficient (Wildman–Crippen LogP) is 1.08. The average Bonchev–Trinajstić information content (AvgIpc) is 2.81. The topological polar surface area (TPSA) is 101 Å². The Kier molecular flexibility index (Phi) is 3.73. The molecule has 1 N–H and O–H groups in total. The Bertz CT molecular complexity index is 616. The number of carbonyl (C=O) groups is 1. The van der Waals surface area contributed by atoms with Gasteiger partial charge in [0, 0.05) is 0 Å². The Morgan fingerprint density at radius 2 is 2.16 bits per heavy atom. The normalized spacial score (nSPS) is 9.84. The molecule has 7 nitrogen and oxygen atoms in total. The molecule has 2 aromatic rings. The molecular weight excluding hydrogens is 248 g/mol. The third-order valence-electron chi connectivity index (χ3n) is 2.38. The highest BCUT2D eigenvalue weighted by Gasteiger charge is 2.19. The second-order valence-corrected chi connectivity index (χ2v) is 3.61. The molecule has 2 rings (SSSR count). The lowest BCUT2D eigenvalue weighted by molar-refractivity contribution is 0.0687. The Morgan fingerprint density at radius 1 is 1.42 bits per heavy atom. The number of ether oxygens (including phenoxy) is 1. The van der Waals surface area contributed by atoms with Gasteiger partial charge in [0.2, 0.25) is 0 Å². The number of nitrogens with zero attached hydrogens (tertiary/aromatic N) is 4. The minimum Gasteiger partial charge on any atom is -0.487 e. The Morgan fingerprint density at radius 3 is 2.79 bits per heavy atom. The highest BCUT2D eigenvalue weighted by molar-refractivity contribution is 5.86. The summed E-state index contributed by atoms with van der Waals surface area (Å²) in [7, 11) is 0. The van der Waals surface area contributed by atoms with Crippen LogP contribution in [-0.4, -0.2) is 26.1 Å². The molecule has 0 amide bonds. The lowest BCUT2D eigenvalue weighted by atomic mass is 10.3. The van der Waals surface area contributed by atoms with Gasteiger partial charge in [-0.15, -0.1) is 5.10 Å². The van der Waals surface area contributed by atoms with Crippen molar-refractivity contribution in [2.75, 3.05) is 0 Å². The van der Waals surface area contributed by atoms with Crippen molar-refractivity contribution < 1.29 is 14.6 Å². The second kappa shape index (κ2) is 5.64. The maximum atomic E-state index is 11.0. The number of rotatable bonds is 5. The highest BCUT2D eigenvalue weighted by Crippen LogP contribution is 2.13. The molecular formula is C12H10N4O3. The quantitative estimate of drug-likeness (QED) is 0.861. The van der Waals surface area contributed by atoms with Gasteiger partial charge < -0.3 is 9.84 Å². The van der Waals surface area contributed by atoms with E-state index in [2.05, 4.69) is 10.3 Å². The fourth-order valence-electron chi connectivity index (χ4n) is 1.50. The van der Waals surface area contributed by atoms with Crippen LogP contribution in [-0.2, 0) is 13.2 Å². The van der Waals surface area contributed by atoms with E-state index in [1.165, 1.54) is 4.68 Å². The number of benzene rings is 1. The van der Waals surface area contributed by atoms with Crippen LogP contribution in [0.1, 0.15) is 16.2 Å². The number of hydrogen-bond acceptors (Lipinski definition) is 5. The van der Waals surface area contributed by atoms with Crippen LogP contribution in [0.15, 0.2) is 30.3 Å². The monoisotopic (exact) mass is 258 g/mol. The van der Waals surface area contributed by atoms with Crippen molar-refractivity contribution in [2.24, 2.45) is 0 Å². The lowest BCUT2D eigenvalue weighted by Crippen LogP contribution is -2.11. The molecule has 0 saturated heterocycles. The summed E-state index contributed by atoms with van der Waals surface area (Å²) in [6.45, 7) is -0.0892. The van der Waals surface area contributed by atoms with Crippen LogP contribution in [0.25, 0.3) is 0 Å². The summed E-state index contributed by atoms with van der Waals surface area (Å²) in [6, 6.07) is 10.8. The molecule has 96 valence electrons. The highest BCUT2D eigenvalue weighted by atomic mass is 16.5. The zero-order valence-electron chi connectivity index (χ0n) is 9.85. The molecule has 0 fully saturated rings. The first-order valence-electron chi connectivity index (χ1n) is 5.43. The van der Waals surface area contributed by atoms with E-state index in [9.17, 15) is 4.79 Å². The molecule has 0 spiro atoms. The van der Waals surface area contributed by atoms with Gasteiger partial charge in [-0.3, -0.25) is 0 Å². The van der Waals surface area contributed by atoms with Gasteiger partial charge in [0.1, 0.15) is 24.6 Å². The molecule has 1 heterocycles. The summed E-state index contributed by atoms with van der Waals surface area (Å²) in [5.74, 6) is -0.598. The summed E-state index contributed by atoms with van der Waals surface area (Å²) in [5.41, 5.74) is 0.0593. The first-order chi connectivity index (χ1) is 9.22. The van der Waals surface area contributed by atoms with Crippen molar-refractivity contribution in [2.45, 2.75) is 13.2 Å². The van der Waals surface area contributed by atoms with Crippen molar-refractivity contribution >= 4 is 5.97 Å². The van der Waals surface area contributed by atoms with E-state index >= 15 is 0 Å². The van der Waals surface area contributed by atoms with Gasteiger partial charge in [0.25, 0.3) is 0 Å². The Balaban J connectivity index is 2.20. The largest absolute Gasteiger partial charge is 0.487 e. The molecule has 7 heteroatoms. The summed E-state index contributed by atoms with van der Waals surface area (Å²) in [5, 5.41) is 24.8. The van der Waals surface area contributed by atoms with E-state index in [1.807, 2.05) is 12.1 Å². The molecule has 0 unspecified atom stereocenters. The van der Waals surface area contributed by atoms with Crippen molar-refractivity contribution in [3.05, 3.63) is 41.7 Å². The minimum atomic E-state index is -1.20. The number of nitriles is 1. The smallest absolute Gasteiger partial charge is 0.358 e. The molecule has 1 aromatic heterocycles. The van der Waals surface area contributed by atoms with Gasteiger partial charge in [-0.25, -0.2) is 9.48 Å². The number of aromatic carboxylic acids is 1. The average molecular weight is 258 g/mol. The van der Waals surface area contributed by atoms with Crippen molar-refractivity contribution in [1.29, 1.82) is 5.26 Å². The summed E-state index contributed by atoms with van der Waals surface area (Å²) >= 11 is 0. The van der Waals surface area contributed by atoms with E-state index in [-0.39, 0.29) is 24.5 Å². The fourth-order valence-corrected chi connectivity index (χ4v) is 1.50. The summed E-state index contributed by atoms with van der Waals surface area (Å²) in [4.78, 5) is 11.0. The fraction of sp³-hybridized carbons (Fsp3) is 0.167.